The van der Waals surface area contributed by atoms with E-state index in [1.807, 2.05) is 36.4 Å². The van der Waals surface area contributed by atoms with Crippen LogP contribution < -0.4 is 15.1 Å². The van der Waals surface area contributed by atoms with Gasteiger partial charge in [0.1, 0.15) is 23.2 Å². The summed E-state index contributed by atoms with van der Waals surface area (Å²) in [4.78, 5) is 12.0. The Kier molecular flexibility index (Phi) is 4.21. The van der Waals surface area contributed by atoms with Gasteiger partial charge in [0.25, 0.3) is 0 Å². The van der Waals surface area contributed by atoms with Gasteiger partial charge in [0, 0.05) is 17.0 Å². The molecule has 0 saturated heterocycles. The fraction of sp³-hybridized carbons (Fsp3) is 0.158. The Morgan fingerprint density at radius 2 is 1.92 bits per heavy atom. The number of benzene rings is 2. The number of nitrogens with zero attached hydrogens (tertiary/aromatic N) is 1. The molecule has 3 aromatic rings. The van der Waals surface area contributed by atoms with Gasteiger partial charge < -0.3 is 13.9 Å². The van der Waals surface area contributed by atoms with Crippen molar-refractivity contribution in [3.63, 3.8) is 0 Å². The molecule has 5 nitrogen and oxygen atoms in total. The zero-order chi connectivity index (χ0) is 17.1. The molecule has 0 aliphatic heterocycles. The smallest absolute Gasteiger partial charge is 0.336 e. The summed E-state index contributed by atoms with van der Waals surface area (Å²) < 4.78 is 15.9. The lowest BCUT2D eigenvalue weighted by molar-refractivity contribution is 0.365. The molecule has 0 bridgehead atoms. The van der Waals surface area contributed by atoms with Crippen LogP contribution in [0.15, 0.2) is 51.7 Å². The normalized spacial score (nSPS) is 10.4. The van der Waals surface area contributed by atoms with Gasteiger partial charge in [0.2, 0.25) is 0 Å². The van der Waals surface area contributed by atoms with Gasteiger partial charge in [-0.2, -0.15) is 5.26 Å². The molecule has 5 heteroatoms. The predicted octanol–water partition coefficient (Wildman–Crippen LogP) is 3.68. The Balaban J connectivity index is 2.20. The summed E-state index contributed by atoms with van der Waals surface area (Å²) in [6.07, 6.45) is 0. The van der Waals surface area contributed by atoms with Crippen molar-refractivity contribution >= 4 is 11.0 Å². The lowest BCUT2D eigenvalue weighted by atomic mass is 10.00. The molecule has 0 radical (unpaired) electrons. The molecule has 120 valence electrons. The largest absolute Gasteiger partial charge is 0.497 e. The highest BCUT2D eigenvalue weighted by Crippen LogP contribution is 2.33. The Labute approximate surface area is 138 Å². The fourth-order valence-electron chi connectivity index (χ4n) is 2.62. The third-order valence-corrected chi connectivity index (χ3v) is 3.80. The maximum atomic E-state index is 12.0. The molecule has 0 N–H and O–H groups in total. The van der Waals surface area contributed by atoms with Crippen molar-refractivity contribution in [3.8, 4) is 28.7 Å². The average Bonchev–Trinajstić information content (AvgIpc) is 2.61. The van der Waals surface area contributed by atoms with Crippen LogP contribution in [-0.4, -0.2) is 13.7 Å². The summed E-state index contributed by atoms with van der Waals surface area (Å²) in [7, 11) is 1.60. The van der Waals surface area contributed by atoms with Crippen LogP contribution in [0.3, 0.4) is 0 Å². The molecule has 0 atom stereocenters. The van der Waals surface area contributed by atoms with E-state index in [0.29, 0.717) is 16.9 Å². The van der Waals surface area contributed by atoms with Crippen LogP contribution in [0.4, 0.5) is 0 Å². The minimum absolute atomic E-state index is 0.0608. The highest BCUT2D eigenvalue weighted by atomic mass is 16.5. The predicted molar refractivity (Wildman–Crippen MR) is 90.3 cm³/mol. The molecule has 24 heavy (non-hydrogen) atoms. The highest BCUT2D eigenvalue weighted by Gasteiger charge is 2.13. The Morgan fingerprint density at radius 3 is 2.58 bits per heavy atom. The molecule has 0 fully saturated rings. The highest BCUT2D eigenvalue weighted by molar-refractivity contribution is 5.95. The summed E-state index contributed by atoms with van der Waals surface area (Å²) in [6.45, 7) is 1.74. The second-order valence-corrected chi connectivity index (χ2v) is 5.22. The molecular formula is C19H15NO4. The Hall–Kier alpha value is -3.26. The minimum atomic E-state index is -0.436. The molecule has 0 saturated carbocycles. The van der Waals surface area contributed by atoms with Crippen LogP contribution in [0.25, 0.3) is 22.1 Å². The SMILES string of the molecule is COc1ccc(-c2cc(=O)oc3c(C)c(OCC#N)ccc23)cc1. The maximum absolute atomic E-state index is 12.0. The quantitative estimate of drug-likeness (QED) is 0.685. The first kappa shape index (κ1) is 15.6. The van der Waals surface area contributed by atoms with Crippen LogP contribution in [0.2, 0.25) is 0 Å². The van der Waals surface area contributed by atoms with Gasteiger partial charge in [-0.05, 0) is 42.3 Å². The molecule has 1 aromatic heterocycles. The number of rotatable bonds is 4. The fourth-order valence-corrected chi connectivity index (χ4v) is 2.62. The van der Waals surface area contributed by atoms with Gasteiger partial charge >= 0.3 is 5.63 Å². The number of hydrogen-bond donors (Lipinski definition) is 0. The van der Waals surface area contributed by atoms with Gasteiger partial charge in [-0.25, -0.2) is 4.79 Å². The second-order valence-electron chi connectivity index (χ2n) is 5.22. The van der Waals surface area contributed by atoms with Crippen LogP contribution in [0.1, 0.15) is 5.56 Å². The lowest BCUT2D eigenvalue weighted by Gasteiger charge is -2.11. The van der Waals surface area contributed by atoms with Crippen molar-refractivity contribution in [1.82, 2.24) is 0 Å². The van der Waals surface area contributed by atoms with Crippen LogP contribution in [0, 0.1) is 18.3 Å². The van der Waals surface area contributed by atoms with Gasteiger partial charge in [-0.3, -0.25) is 0 Å². The van der Waals surface area contributed by atoms with Crippen LogP contribution in [-0.2, 0) is 0 Å². The van der Waals surface area contributed by atoms with E-state index in [2.05, 4.69) is 0 Å². The van der Waals surface area contributed by atoms with E-state index in [1.54, 1.807) is 20.1 Å². The van der Waals surface area contributed by atoms with Gasteiger partial charge in [0.05, 0.1) is 7.11 Å². The first-order valence-electron chi connectivity index (χ1n) is 7.35. The van der Waals surface area contributed by atoms with Crippen molar-refractivity contribution in [2.24, 2.45) is 0 Å². The first-order chi connectivity index (χ1) is 11.6. The van der Waals surface area contributed by atoms with E-state index >= 15 is 0 Å². The number of fused-ring (bicyclic) bond motifs is 1. The minimum Gasteiger partial charge on any atom is -0.497 e. The number of nitriles is 1. The van der Waals surface area contributed by atoms with E-state index in [9.17, 15) is 4.79 Å². The van der Waals surface area contributed by atoms with E-state index < -0.39 is 5.63 Å². The van der Waals surface area contributed by atoms with Crippen molar-refractivity contribution < 1.29 is 13.9 Å². The van der Waals surface area contributed by atoms with E-state index in [4.69, 9.17) is 19.2 Å². The molecule has 0 spiro atoms. The van der Waals surface area contributed by atoms with Gasteiger partial charge in [-0.15, -0.1) is 0 Å². The third kappa shape index (κ3) is 2.82. The lowest BCUT2D eigenvalue weighted by Crippen LogP contribution is -2.01. The number of hydrogen-bond acceptors (Lipinski definition) is 5. The summed E-state index contributed by atoms with van der Waals surface area (Å²) in [5.74, 6) is 1.27. The number of ether oxygens (including phenoxy) is 2. The maximum Gasteiger partial charge on any atom is 0.336 e. The molecule has 0 amide bonds. The zero-order valence-electron chi connectivity index (χ0n) is 13.3. The van der Waals surface area contributed by atoms with Crippen molar-refractivity contribution in [2.45, 2.75) is 6.92 Å². The molecule has 1 heterocycles. The Bertz CT molecular complexity index is 981. The molecule has 0 aliphatic rings. The number of methoxy groups -OCH3 is 1. The van der Waals surface area contributed by atoms with Gasteiger partial charge in [0.15, 0.2) is 6.61 Å². The third-order valence-electron chi connectivity index (χ3n) is 3.80. The van der Waals surface area contributed by atoms with Crippen molar-refractivity contribution in [3.05, 3.63) is 58.4 Å². The summed E-state index contributed by atoms with van der Waals surface area (Å²) in [5.41, 5.74) is 2.38. The van der Waals surface area contributed by atoms with E-state index in [-0.39, 0.29) is 6.61 Å². The molecule has 2 aromatic carbocycles. The molecular weight excluding hydrogens is 306 g/mol. The standard InChI is InChI=1S/C19H15NO4/c1-12-17(23-10-9-20)8-7-15-16(11-18(21)24-19(12)15)13-3-5-14(22-2)6-4-13/h3-8,11H,10H2,1-2H3. The summed E-state index contributed by atoms with van der Waals surface area (Å²) in [6, 6.07) is 14.5. The Morgan fingerprint density at radius 1 is 1.17 bits per heavy atom. The van der Waals surface area contributed by atoms with Crippen molar-refractivity contribution in [1.29, 1.82) is 5.26 Å². The molecule has 0 unspecified atom stereocenters. The first-order valence-corrected chi connectivity index (χ1v) is 7.35. The van der Waals surface area contributed by atoms with Crippen molar-refractivity contribution in [2.75, 3.05) is 13.7 Å². The average molecular weight is 321 g/mol. The second kappa shape index (κ2) is 6.47. The van der Waals surface area contributed by atoms with Gasteiger partial charge in [-0.1, -0.05) is 12.1 Å². The van der Waals surface area contributed by atoms with Crippen LogP contribution in [0.5, 0.6) is 11.5 Å². The summed E-state index contributed by atoms with van der Waals surface area (Å²) in [5, 5.41) is 9.46. The van der Waals surface area contributed by atoms with E-state index in [1.165, 1.54) is 6.07 Å². The molecule has 0 aliphatic carbocycles. The zero-order valence-corrected chi connectivity index (χ0v) is 13.3. The number of aryl methyl sites for hydroxylation is 1. The summed E-state index contributed by atoms with van der Waals surface area (Å²) >= 11 is 0. The monoisotopic (exact) mass is 321 g/mol. The molecule has 3 rings (SSSR count). The van der Waals surface area contributed by atoms with Crippen LogP contribution >= 0.6 is 0 Å². The van der Waals surface area contributed by atoms with E-state index in [0.717, 1.165) is 22.3 Å². The topological polar surface area (TPSA) is 72.5 Å².